The highest BCUT2D eigenvalue weighted by Crippen LogP contribution is 2.37. The van der Waals surface area contributed by atoms with Gasteiger partial charge in [0.15, 0.2) is 0 Å². The molecule has 6 aromatic heterocycles. The van der Waals surface area contributed by atoms with Gasteiger partial charge in [-0.1, -0.05) is 194 Å². The summed E-state index contributed by atoms with van der Waals surface area (Å²) in [5.74, 6) is 8.39. The fraction of sp³-hybridized carbons (Fsp3) is 0.646. The first-order valence-electron chi connectivity index (χ1n) is 40.3. The van der Waals surface area contributed by atoms with Crippen molar-refractivity contribution in [1.29, 1.82) is 0 Å². The first-order chi connectivity index (χ1) is 47.6. The van der Waals surface area contributed by atoms with Crippen LogP contribution < -0.4 is 0 Å². The third-order valence-corrected chi connectivity index (χ3v) is 21.4. The monoisotopic (exact) mass is 1420 g/mol. The van der Waals surface area contributed by atoms with E-state index in [1.54, 1.807) is 11.1 Å². The van der Waals surface area contributed by atoms with Gasteiger partial charge in [-0.25, -0.2) is 9.97 Å². The molecule has 582 valence electrons. The molecule has 0 amide bonds. The smallest absolute Gasteiger partial charge is 0.131 e. The highest BCUT2D eigenvalue weighted by Gasteiger charge is 2.23. The van der Waals surface area contributed by atoms with Crippen molar-refractivity contribution < 1.29 is 0 Å². The van der Waals surface area contributed by atoms with E-state index in [2.05, 4.69) is 338 Å². The predicted molar refractivity (Wildman–Crippen MR) is 459 cm³/mol. The Bertz CT molecular complexity index is 3710. The minimum Gasteiger partial charge on any atom is -0.258 e. The Balaban J connectivity index is 0.000000607. The van der Waals surface area contributed by atoms with Crippen LogP contribution in [0.3, 0.4) is 0 Å². The molecule has 8 nitrogen and oxygen atoms in total. The lowest BCUT2D eigenvalue weighted by atomic mass is 9.81. The van der Waals surface area contributed by atoms with E-state index < -0.39 is 0 Å². The van der Waals surface area contributed by atoms with Crippen molar-refractivity contribution in [2.75, 3.05) is 0 Å². The van der Waals surface area contributed by atoms with Gasteiger partial charge in [0, 0.05) is 62.9 Å². The maximum atomic E-state index is 4.83. The Morgan fingerprint density at radius 2 is 0.346 bits per heavy atom. The summed E-state index contributed by atoms with van der Waals surface area (Å²) >= 11 is 0. The molecule has 0 bridgehead atoms. The van der Waals surface area contributed by atoms with Crippen LogP contribution in [0.1, 0.15) is 468 Å². The van der Waals surface area contributed by atoms with E-state index in [0.717, 1.165) is 34.3 Å². The zero-order chi connectivity index (χ0) is 81.4. The second kappa shape index (κ2) is 41.9. The summed E-state index contributed by atoms with van der Waals surface area (Å²) in [5.41, 5.74) is 43.9. The average Bonchev–Trinajstić information content (AvgIpc) is 0.765. The number of hydrogen-bond donors (Lipinski definition) is 0. The van der Waals surface area contributed by atoms with E-state index in [-0.39, 0.29) is 0 Å². The van der Waals surface area contributed by atoms with Crippen molar-refractivity contribution in [1.82, 2.24) is 39.9 Å². The number of hydrogen-bond acceptors (Lipinski definition) is 8. The number of rotatable bonds is 14. The van der Waals surface area contributed by atoms with Crippen molar-refractivity contribution in [2.45, 2.75) is 415 Å². The molecule has 0 radical (unpaired) electrons. The molecule has 0 N–H and O–H groups in total. The van der Waals surface area contributed by atoms with Crippen molar-refractivity contribution in [3.63, 3.8) is 0 Å². The van der Waals surface area contributed by atoms with Gasteiger partial charge in [0.1, 0.15) is 5.82 Å². The standard InChI is InChI=1S/C16H26.4C14H23N.2C12H20N2/c1-9(2)15-12(6)11(5)13(7)16(10(3)4)14(15)8;1-8(2)13-10(5)14(9(3)4)12(7)15-11(13)6;2*1-8(2)13-10(5)12(7)15-14(9(3)4)11(13)6;1-8(2)13-11(6)10(5)12(7)14(15-13)9(3)4;1-7(2)11-9(5)13-10(6)12(14-11)8(3)4;1-7(2)11-9(5)10(6)13-12(14-11)8(3)4/h9-10H,1-8H3;4*8-9H,1-7H3;2*7-8H,1-6H3. The summed E-state index contributed by atoms with van der Waals surface area (Å²) in [5, 5.41) is 0. The Labute approximate surface area is 642 Å². The van der Waals surface area contributed by atoms with Crippen molar-refractivity contribution in [3.05, 3.63) is 191 Å². The Morgan fingerprint density at radius 1 is 0.125 bits per heavy atom. The molecule has 8 heteroatoms. The predicted octanol–water partition coefficient (Wildman–Crippen LogP) is 28.9. The fourth-order valence-electron chi connectivity index (χ4n) is 16.0. The number of benzene rings is 1. The van der Waals surface area contributed by atoms with Crippen molar-refractivity contribution in [3.8, 4) is 0 Å². The van der Waals surface area contributed by atoms with E-state index in [4.69, 9.17) is 19.9 Å². The average molecular weight is 1420 g/mol. The van der Waals surface area contributed by atoms with Crippen LogP contribution in [0.5, 0.6) is 0 Å². The van der Waals surface area contributed by atoms with Crippen LogP contribution in [-0.2, 0) is 0 Å². The molecule has 0 aliphatic rings. The van der Waals surface area contributed by atoms with Gasteiger partial charge in [0.05, 0.1) is 22.8 Å². The molecule has 0 saturated heterocycles. The van der Waals surface area contributed by atoms with Gasteiger partial charge in [-0.15, -0.1) is 0 Å². The normalized spacial score (nSPS) is 11.5. The Kier molecular flexibility index (Phi) is 38.7. The minimum absolute atomic E-state index is 0.409. The van der Waals surface area contributed by atoms with E-state index in [1.807, 2.05) is 13.8 Å². The molecule has 0 aliphatic carbocycles. The first-order valence-corrected chi connectivity index (χ1v) is 40.3. The molecule has 0 spiro atoms. The highest BCUT2D eigenvalue weighted by molar-refractivity contribution is 5.53. The molecule has 7 rings (SSSR count). The SMILES string of the molecule is Cc1c(C(C)C)nc(C(C)C)c(C)c1C.Cc1c(C)c(C(C)C)c(C)c(C(C)C)c1C.Cc1nc(C(C)C)c(C)c(C(C)C)c1C.Cc1nc(C(C)C)c(C)c(C(C)C)c1C.Cc1nc(C(C)C)nc(C(C)C)c1C.Cc1nc(C)c(C(C)C)c(C)c1C(C)C.Cc1nc(C)c(C(C)C)nc1C(C)C. The molecule has 6 heterocycles. The quantitative estimate of drug-likeness (QED) is 0.106. The van der Waals surface area contributed by atoms with Crippen molar-refractivity contribution in [2.24, 2.45) is 0 Å². The number of aromatic nitrogens is 8. The molecule has 104 heavy (non-hydrogen) atoms. The van der Waals surface area contributed by atoms with E-state index in [1.165, 1.54) is 146 Å². The lowest BCUT2D eigenvalue weighted by Crippen LogP contribution is -2.07. The van der Waals surface area contributed by atoms with Gasteiger partial charge < -0.3 is 0 Å². The summed E-state index contributed by atoms with van der Waals surface area (Å²) in [6.07, 6.45) is 0. The van der Waals surface area contributed by atoms with Crippen LogP contribution in [0.4, 0.5) is 0 Å². The second-order valence-corrected chi connectivity index (χ2v) is 34.8. The van der Waals surface area contributed by atoms with Crippen LogP contribution in [0, 0.1) is 138 Å². The molecular formula is C96H158N8. The largest absolute Gasteiger partial charge is 0.258 e. The second-order valence-electron chi connectivity index (χ2n) is 34.8. The lowest BCUT2D eigenvalue weighted by molar-refractivity contribution is 0.713. The fourth-order valence-corrected chi connectivity index (χ4v) is 16.0. The molecule has 0 atom stereocenters. The van der Waals surface area contributed by atoms with E-state index in [0.29, 0.717) is 82.9 Å². The van der Waals surface area contributed by atoms with Crippen LogP contribution in [0.2, 0.25) is 0 Å². The van der Waals surface area contributed by atoms with Gasteiger partial charge in [-0.05, 0) is 321 Å². The minimum atomic E-state index is 0.409. The van der Waals surface area contributed by atoms with Gasteiger partial charge in [0.2, 0.25) is 0 Å². The molecule has 1 aromatic carbocycles. The molecule has 0 aliphatic heterocycles. The van der Waals surface area contributed by atoms with Crippen LogP contribution in [-0.4, -0.2) is 39.9 Å². The summed E-state index contributed by atoms with van der Waals surface area (Å²) in [4.78, 5) is 37.3. The van der Waals surface area contributed by atoms with Gasteiger partial charge in [-0.2, -0.15) is 0 Å². The molecule has 0 fully saturated rings. The van der Waals surface area contributed by atoms with Crippen LogP contribution >= 0.6 is 0 Å². The van der Waals surface area contributed by atoms with E-state index in [9.17, 15) is 0 Å². The van der Waals surface area contributed by atoms with Crippen LogP contribution in [0.15, 0.2) is 0 Å². The molecule has 0 saturated carbocycles. The summed E-state index contributed by atoms with van der Waals surface area (Å²) in [6, 6.07) is 0. The van der Waals surface area contributed by atoms with Gasteiger partial charge in [0.25, 0.3) is 0 Å². The number of pyridine rings is 4. The molecule has 7 aromatic rings. The third-order valence-electron chi connectivity index (χ3n) is 21.4. The summed E-state index contributed by atoms with van der Waals surface area (Å²) in [6.45, 7) is 106. The maximum absolute atomic E-state index is 4.83. The summed E-state index contributed by atoms with van der Waals surface area (Å²) < 4.78 is 0. The van der Waals surface area contributed by atoms with Gasteiger partial charge in [-0.3, -0.25) is 29.9 Å². The zero-order valence-electron chi connectivity index (χ0n) is 76.7. The number of nitrogens with zero attached hydrogens (tertiary/aromatic N) is 8. The topological polar surface area (TPSA) is 103 Å². The Morgan fingerprint density at radius 3 is 0.615 bits per heavy atom. The van der Waals surface area contributed by atoms with Gasteiger partial charge >= 0.3 is 0 Å². The lowest BCUT2D eigenvalue weighted by Gasteiger charge is -2.24. The van der Waals surface area contributed by atoms with Crippen molar-refractivity contribution >= 4 is 0 Å². The zero-order valence-corrected chi connectivity index (χ0v) is 76.7. The highest BCUT2D eigenvalue weighted by atomic mass is 14.9. The molecule has 0 unspecified atom stereocenters. The molecular weight excluding hydrogens is 1270 g/mol. The van der Waals surface area contributed by atoms with Crippen LogP contribution in [0.25, 0.3) is 0 Å². The Hall–Kier alpha value is -6.02. The number of aryl methyl sites for hydroxylation is 7. The summed E-state index contributed by atoms with van der Waals surface area (Å²) in [7, 11) is 0. The van der Waals surface area contributed by atoms with E-state index >= 15 is 0 Å². The maximum Gasteiger partial charge on any atom is 0.131 e. The third kappa shape index (κ3) is 25.0. The first kappa shape index (κ1) is 96.0.